The van der Waals surface area contributed by atoms with Gasteiger partial charge in [-0.25, -0.2) is 4.79 Å². The van der Waals surface area contributed by atoms with Crippen LogP contribution in [0.4, 0.5) is 5.00 Å². The van der Waals surface area contributed by atoms with Crippen LogP contribution in [-0.4, -0.2) is 38.1 Å². The second kappa shape index (κ2) is 10.4. The molecular weight excluding hydrogens is 448 g/mol. The van der Waals surface area contributed by atoms with E-state index in [9.17, 15) is 14.4 Å². The van der Waals surface area contributed by atoms with Crippen LogP contribution in [0.3, 0.4) is 0 Å². The van der Waals surface area contributed by atoms with Crippen molar-refractivity contribution in [2.24, 2.45) is 5.73 Å². The molecule has 28 heavy (non-hydrogen) atoms. The molecule has 0 saturated carbocycles. The number of hydrogen-bond donors (Lipinski definition) is 2. The second-order valence-electron chi connectivity index (χ2n) is 5.93. The molecule has 9 heteroatoms. The molecule has 0 fully saturated rings. The van der Waals surface area contributed by atoms with E-state index in [0.717, 1.165) is 21.4 Å². The Morgan fingerprint density at radius 2 is 2.00 bits per heavy atom. The SMILES string of the molecule is COCCOC(=O)c1c(NC(=O)CCc2cccc(Br)c2)sc(C(N)=O)c1C. The molecule has 1 heterocycles. The summed E-state index contributed by atoms with van der Waals surface area (Å²) in [5.74, 6) is -1.58. The Kier molecular flexibility index (Phi) is 8.16. The largest absolute Gasteiger partial charge is 0.460 e. The Hall–Kier alpha value is -2.23. The molecule has 0 unspecified atom stereocenters. The molecule has 0 aliphatic carbocycles. The molecule has 2 aromatic rings. The van der Waals surface area contributed by atoms with E-state index in [1.54, 1.807) is 6.92 Å². The highest BCUT2D eigenvalue weighted by molar-refractivity contribution is 9.10. The maximum Gasteiger partial charge on any atom is 0.341 e. The third kappa shape index (κ3) is 5.88. The van der Waals surface area contributed by atoms with E-state index < -0.39 is 11.9 Å². The topological polar surface area (TPSA) is 108 Å². The third-order valence-corrected chi connectivity index (χ3v) is 5.59. The van der Waals surface area contributed by atoms with Crippen molar-refractivity contribution in [3.63, 3.8) is 0 Å². The number of ether oxygens (including phenoxy) is 2. The van der Waals surface area contributed by atoms with Crippen molar-refractivity contribution in [3.8, 4) is 0 Å². The van der Waals surface area contributed by atoms with Gasteiger partial charge >= 0.3 is 5.97 Å². The van der Waals surface area contributed by atoms with Crippen LogP contribution >= 0.6 is 27.3 Å². The summed E-state index contributed by atoms with van der Waals surface area (Å²) in [5, 5.41) is 2.97. The van der Waals surface area contributed by atoms with Gasteiger partial charge in [-0.2, -0.15) is 0 Å². The molecule has 0 bridgehead atoms. The molecule has 3 N–H and O–H groups in total. The lowest BCUT2D eigenvalue weighted by molar-refractivity contribution is -0.116. The van der Waals surface area contributed by atoms with Gasteiger partial charge in [0, 0.05) is 18.0 Å². The summed E-state index contributed by atoms with van der Waals surface area (Å²) in [6.45, 7) is 1.90. The molecule has 0 radical (unpaired) electrons. The molecule has 2 rings (SSSR count). The predicted octanol–water partition coefficient (Wildman–Crippen LogP) is 3.29. The summed E-state index contributed by atoms with van der Waals surface area (Å²) in [6.07, 6.45) is 0.753. The standard InChI is InChI=1S/C19H21BrN2O5S/c1-11-15(19(25)27-9-8-26-2)18(28-16(11)17(21)24)22-14(23)7-6-12-4-3-5-13(20)10-12/h3-5,10H,6-9H2,1-2H3,(H2,21,24)(H,22,23). The first-order valence-electron chi connectivity index (χ1n) is 8.47. The number of primary amides is 1. The monoisotopic (exact) mass is 468 g/mol. The molecule has 1 aromatic carbocycles. The maximum atomic E-state index is 12.4. The fourth-order valence-electron chi connectivity index (χ4n) is 2.51. The van der Waals surface area contributed by atoms with Crippen LogP contribution in [0.2, 0.25) is 0 Å². The van der Waals surface area contributed by atoms with Crippen molar-refractivity contribution in [3.05, 3.63) is 50.3 Å². The van der Waals surface area contributed by atoms with E-state index in [1.165, 1.54) is 7.11 Å². The fourth-order valence-corrected chi connectivity index (χ4v) is 4.02. The number of nitrogens with two attached hydrogens (primary N) is 1. The van der Waals surface area contributed by atoms with Crippen molar-refractivity contribution in [1.29, 1.82) is 0 Å². The lowest BCUT2D eigenvalue weighted by Gasteiger charge is -2.08. The van der Waals surface area contributed by atoms with Gasteiger partial charge in [-0.15, -0.1) is 11.3 Å². The average Bonchev–Trinajstić information content (AvgIpc) is 2.96. The first-order valence-corrected chi connectivity index (χ1v) is 10.1. The van der Waals surface area contributed by atoms with Crippen molar-refractivity contribution in [1.82, 2.24) is 0 Å². The van der Waals surface area contributed by atoms with Crippen LogP contribution in [0.15, 0.2) is 28.7 Å². The first kappa shape index (κ1) is 22.1. The number of rotatable bonds is 9. The Bertz CT molecular complexity index is 881. The van der Waals surface area contributed by atoms with Crippen molar-refractivity contribution < 1.29 is 23.9 Å². The van der Waals surface area contributed by atoms with Crippen LogP contribution in [0.5, 0.6) is 0 Å². The summed E-state index contributed by atoms with van der Waals surface area (Å²) in [4.78, 5) is 36.7. The van der Waals surface area contributed by atoms with Crippen molar-refractivity contribution >= 4 is 50.1 Å². The molecule has 150 valence electrons. The highest BCUT2D eigenvalue weighted by atomic mass is 79.9. The zero-order valence-corrected chi connectivity index (χ0v) is 17.9. The van der Waals surface area contributed by atoms with E-state index >= 15 is 0 Å². The van der Waals surface area contributed by atoms with Gasteiger partial charge in [0.15, 0.2) is 0 Å². The number of nitrogens with one attached hydrogen (secondary N) is 1. The van der Waals surface area contributed by atoms with Crippen LogP contribution in [0.1, 0.15) is 37.6 Å². The van der Waals surface area contributed by atoms with Crippen LogP contribution in [0.25, 0.3) is 0 Å². The number of aryl methyl sites for hydroxylation is 1. The summed E-state index contributed by atoms with van der Waals surface area (Å²) in [5.41, 5.74) is 6.92. The second-order valence-corrected chi connectivity index (χ2v) is 7.87. The van der Waals surface area contributed by atoms with Gasteiger partial charge in [0.05, 0.1) is 17.0 Å². The zero-order valence-electron chi connectivity index (χ0n) is 15.5. The van der Waals surface area contributed by atoms with E-state index in [4.69, 9.17) is 15.2 Å². The van der Waals surface area contributed by atoms with Gasteiger partial charge in [0.1, 0.15) is 11.6 Å². The Morgan fingerprint density at radius 1 is 1.25 bits per heavy atom. The lowest BCUT2D eigenvalue weighted by atomic mass is 10.1. The first-order chi connectivity index (χ1) is 13.3. The molecule has 1 aromatic heterocycles. The van der Waals surface area contributed by atoms with Crippen molar-refractivity contribution in [2.75, 3.05) is 25.6 Å². The highest BCUT2D eigenvalue weighted by Crippen LogP contribution is 2.33. The number of benzene rings is 1. The molecule has 0 aliphatic rings. The summed E-state index contributed by atoms with van der Waals surface area (Å²) < 4.78 is 10.9. The summed E-state index contributed by atoms with van der Waals surface area (Å²) >= 11 is 4.36. The smallest absolute Gasteiger partial charge is 0.341 e. The molecule has 0 saturated heterocycles. The molecule has 7 nitrogen and oxygen atoms in total. The van der Waals surface area contributed by atoms with Gasteiger partial charge in [0.2, 0.25) is 5.91 Å². The van der Waals surface area contributed by atoms with E-state index in [1.807, 2.05) is 24.3 Å². The number of anilines is 1. The number of carbonyl (C=O) groups excluding carboxylic acids is 3. The number of halogens is 1. The minimum absolute atomic E-state index is 0.0623. The van der Waals surface area contributed by atoms with Crippen LogP contribution < -0.4 is 11.1 Å². The number of thiophene rings is 1. The Balaban J connectivity index is 2.14. The van der Waals surface area contributed by atoms with E-state index in [0.29, 0.717) is 12.0 Å². The van der Waals surface area contributed by atoms with Crippen molar-refractivity contribution in [2.45, 2.75) is 19.8 Å². The highest BCUT2D eigenvalue weighted by Gasteiger charge is 2.25. The number of methoxy groups -OCH3 is 1. The molecule has 2 amide bonds. The minimum atomic E-state index is -0.664. The van der Waals surface area contributed by atoms with Gasteiger partial charge in [-0.3, -0.25) is 9.59 Å². The number of esters is 1. The molecule has 0 spiro atoms. The van der Waals surface area contributed by atoms with Gasteiger partial charge < -0.3 is 20.5 Å². The number of hydrogen-bond acceptors (Lipinski definition) is 6. The summed E-state index contributed by atoms with van der Waals surface area (Å²) in [7, 11) is 1.49. The minimum Gasteiger partial charge on any atom is -0.460 e. The third-order valence-electron chi connectivity index (χ3n) is 3.88. The van der Waals surface area contributed by atoms with Crippen LogP contribution in [0, 0.1) is 6.92 Å². The summed E-state index contributed by atoms with van der Waals surface area (Å²) in [6, 6.07) is 7.67. The predicted molar refractivity (Wildman–Crippen MR) is 111 cm³/mol. The number of amides is 2. The quantitative estimate of drug-likeness (QED) is 0.433. The van der Waals surface area contributed by atoms with Crippen LogP contribution in [-0.2, 0) is 20.7 Å². The molecular formula is C19H21BrN2O5S. The molecule has 0 atom stereocenters. The Morgan fingerprint density at radius 3 is 2.64 bits per heavy atom. The van der Waals surface area contributed by atoms with Gasteiger partial charge in [-0.05, 0) is 36.6 Å². The normalized spacial score (nSPS) is 10.5. The van der Waals surface area contributed by atoms with E-state index in [-0.39, 0.29) is 41.0 Å². The average molecular weight is 469 g/mol. The van der Waals surface area contributed by atoms with Gasteiger partial charge in [0.25, 0.3) is 5.91 Å². The number of carbonyl (C=O) groups is 3. The molecule has 0 aliphatic heterocycles. The lowest BCUT2D eigenvalue weighted by Crippen LogP contribution is -2.16. The fraction of sp³-hybridized carbons (Fsp3) is 0.316. The zero-order chi connectivity index (χ0) is 20.7. The maximum absolute atomic E-state index is 12.4. The van der Waals surface area contributed by atoms with E-state index in [2.05, 4.69) is 21.2 Å². The van der Waals surface area contributed by atoms with Gasteiger partial charge in [-0.1, -0.05) is 28.1 Å². The Labute approximate surface area is 175 Å².